The van der Waals surface area contributed by atoms with Crippen molar-refractivity contribution < 1.29 is 25.2 Å². The minimum atomic E-state index is -1.35. The third-order valence-electron chi connectivity index (χ3n) is 3.96. The van der Waals surface area contributed by atoms with Crippen LogP contribution < -0.4 is 11.2 Å². The monoisotopic (exact) mass is 400 g/mol. The van der Waals surface area contributed by atoms with E-state index in [1.807, 2.05) is 35.3 Å². The lowest BCUT2D eigenvalue weighted by atomic mass is 10.1. The van der Waals surface area contributed by atoms with E-state index in [0.717, 1.165) is 22.4 Å². The van der Waals surface area contributed by atoms with Crippen molar-refractivity contribution in [3.63, 3.8) is 0 Å². The fourth-order valence-corrected chi connectivity index (χ4v) is 2.65. The number of benzene rings is 1. The molecule has 1 aliphatic heterocycles. The summed E-state index contributed by atoms with van der Waals surface area (Å²) < 4.78 is 6.08. The quantitative estimate of drug-likeness (QED) is 0.418. The van der Waals surface area contributed by atoms with Crippen LogP contribution in [0, 0.1) is 0 Å². The maximum absolute atomic E-state index is 11.4. The standard InChI is InChI=1S/C9H12N2O6.C8H9ClO/c12-3-4-6(14)7(15)8(17-4)11-2-1-5(13)10-9(11)16;9-8(6-10)7-4-2-1-3-5-7/h1-2,4,6-8,12,14-15H,3H2,(H,10,13,16);1-5,8,10H,6H2/t4-,6-,7-,8-;/m1./s1. The molecule has 5 atom stereocenters. The molecule has 1 unspecified atom stereocenters. The molecule has 1 aliphatic rings. The van der Waals surface area contributed by atoms with Crippen molar-refractivity contribution in [2.24, 2.45) is 0 Å². The van der Waals surface area contributed by atoms with Gasteiger partial charge in [0.05, 0.1) is 18.6 Å². The first-order valence-corrected chi connectivity index (χ1v) is 8.56. The van der Waals surface area contributed by atoms with Gasteiger partial charge in [0.15, 0.2) is 6.23 Å². The van der Waals surface area contributed by atoms with Crippen LogP contribution in [0.4, 0.5) is 0 Å². The van der Waals surface area contributed by atoms with Gasteiger partial charge in [-0.2, -0.15) is 0 Å². The molecule has 5 N–H and O–H groups in total. The van der Waals surface area contributed by atoms with E-state index in [0.29, 0.717) is 0 Å². The molecule has 1 saturated heterocycles. The van der Waals surface area contributed by atoms with Gasteiger partial charge in [0.1, 0.15) is 18.3 Å². The summed E-state index contributed by atoms with van der Waals surface area (Å²) in [6, 6.07) is 10.6. The van der Waals surface area contributed by atoms with Crippen LogP contribution >= 0.6 is 11.6 Å². The van der Waals surface area contributed by atoms with Crippen LogP contribution in [-0.2, 0) is 4.74 Å². The number of nitrogens with one attached hydrogen (secondary N) is 1. The van der Waals surface area contributed by atoms with Gasteiger partial charge in [-0.05, 0) is 5.56 Å². The van der Waals surface area contributed by atoms with Gasteiger partial charge in [-0.25, -0.2) is 4.79 Å². The molecule has 0 aliphatic carbocycles. The molecule has 10 heteroatoms. The molecule has 1 fully saturated rings. The van der Waals surface area contributed by atoms with E-state index in [-0.39, 0.29) is 12.0 Å². The van der Waals surface area contributed by atoms with E-state index in [1.165, 1.54) is 0 Å². The third kappa shape index (κ3) is 5.25. The Labute approximate surface area is 159 Å². The zero-order valence-corrected chi connectivity index (χ0v) is 14.9. The van der Waals surface area contributed by atoms with Gasteiger partial charge in [-0.1, -0.05) is 30.3 Å². The summed E-state index contributed by atoms with van der Waals surface area (Å²) >= 11 is 5.74. The molecule has 2 aromatic rings. The molecule has 27 heavy (non-hydrogen) atoms. The van der Waals surface area contributed by atoms with Crippen LogP contribution in [0.1, 0.15) is 17.2 Å². The van der Waals surface area contributed by atoms with Crippen molar-refractivity contribution in [3.8, 4) is 0 Å². The van der Waals surface area contributed by atoms with Gasteiger partial charge in [0, 0.05) is 12.3 Å². The Morgan fingerprint density at radius 1 is 1.11 bits per heavy atom. The number of aliphatic hydroxyl groups excluding tert-OH is 4. The smallest absolute Gasteiger partial charge is 0.330 e. The molecule has 2 heterocycles. The van der Waals surface area contributed by atoms with Crippen LogP contribution in [0.3, 0.4) is 0 Å². The normalized spacial score (nSPS) is 25.5. The molecular formula is C17H21ClN2O7. The summed E-state index contributed by atoms with van der Waals surface area (Å²) in [6.45, 7) is -0.488. The Hall–Kier alpha value is -2.01. The minimum absolute atomic E-state index is 0.00836. The number of rotatable bonds is 4. The van der Waals surface area contributed by atoms with Crippen molar-refractivity contribution in [2.45, 2.75) is 29.9 Å². The number of hydrogen-bond acceptors (Lipinski definition) is 7. The highest BCUT2D eigenvalue weighted by Gasteiger charge is 2.43. The van der Waals surface area contributed by atoms with Crippen LogP contribution in [0.2, 0.25) is 0 Å². The van der Waals surface area contributed by atoms with Crippen LogP contribution in [0.15, 0.2) is 52.2 Å². The number of H-pyrrole nitrogens is 1. The van der Waals surface area contributed by atoms with Crippen molar-refractivity contribution in [1.82, 2.24) is 9.55 Å². The highest BCUT2D eigenvalue weighted by Crippen LogP contribution is 2.27. The minimum Gasteiger partial charge on any atom is -0.394 e. The zero-order valence-electron chi connectivity index (χ0n) is 14.2. The number of aromatic nitrogens is 2. The Kier molecular flexibility index (Phi) is 7.72. The number of alkyl halides is 1. The molecule has 0 bridgehead atoms. The predicted octanol–water partition coefficient (Wildman–Crippen LogP) is -0.893. The largest absolute Gasteiger partial charge is 0.394 e. The van der Waals surface area contributed by atoms with E-state index in [1.54, 1.807) is 0 Å². The Morgan fingerprint density at radius 2 is 1.78 bits per heavy atom. The first kappa shape index (κ1) is 21.3. The Morgan fingerprint density at radius 3 is 2.30 bits per heavy atom. The SMILES string of the molecule is O=c1ccn([C@@H]2O[C@H](CO)[C@@H](O)[C@H]2O)c(=O)[nH]1.OCC(Cl)c1ccccc1. The molecule has 3 rings (SSSR count). The number of nitrogens with zero attached hydrogens (tertiary/aromatic N) is 1. The summed E-state index contributed by atoms with van der Waals surface area (Å²) in [5.74, 6) is 0. The summed E-state index contributed by atoms with van der Waals surface area (Å²) in [6.07, 6.45) is -3.58. The molecule has 0 saturated carbocycles. The van der Waals surface area contributed by atoms with Crippen molar-refractivity contribution >= 4 is 11.6 Å². The molecule has 148 valence electrons. The number of halogens is 1. The Bertz CT molecular complexity index is 826. The highest BCUT2D eigenvalue weighted by atomic mass is 35.5. The predicted molar refractivity (Wildman–Crippen MR) is 96.5 cm³/mol. The topological polar surface area (TPSA) is 145 Å². The summed E-state index contributed by atoms with van der Waals surface area (Å²) in [7, 11) is 0. The molecule has 0 radical (unpaired) electrons. The molecule has 9 nitrogen and oxygen atoms in total. The lowest BCUT2D eigenvalue weighted by Gasteiger charge is -2.16. The molecule has 0 amide bonds. The second kappa shape index (κ2) is 9.79. The van der Waals surface area contributed by atoms with Gasteiger partial charge in [-0.15, -0.1) is 11.6 Å². The van der Waals surface area contributed by atoms with Crippen LogP contribution in [0.25, 0.3) is 0 Å². The van der Waals surface area contributed by atoms with Gasteiger partial charge < -0.3 is 25.2 Å². The number of hydrogen-bond donors (Lipinski definition) is 5. The van der Waals surface area contributed by atoms with Crippen molar-refractivity contribution in [1.29, 1.82) is 0 Å². The van der Waals surface area contributed by atoms with Gasteiger partial charge >= 0.3 is 5.69 Å². The fraction of sp³-hybridized carbons (Fsp3) is 0.412. The van der Waals surface area contributed by atoms with E-state index < -0.39 is 42.4 Å². The summed E-state index contributed by atoms with van der Waals surface area (Å²) in [4.78, 5) is 24.3. The van der Waals surface area contributed by atoms with Gasteiger partial charge in [-0.3, -0.25) is 14.3 Å². The average Bonchev–Trinajstić information content (AvgIpc) is 2.97. The number of ether oxygens (including phenoxy) is 1. The van der Waals surface area contributed by atoms with E-state index in [4.69, 9.17) is 26.6 Å². The summed E-state index contributed by atoms with van der Waals surface area (Å²) in [5.41, 5.74) is -0.364. The second-order valence-corrected chi connectivity index (χ2v) is 6.33. The first-order valence-electron chi connectivity index (χ1n) is 8.12. The third-order valence-corrected chi connectivity index (χ3v) is 4.35. The van der Waals surface area contributed by atoms with Crippen molar-refractivity contribution in [2.75, 3.05) is 13.2 Å². The second-order valence-electron chi connectivity index (χ2n) is 5.81. The van der Waals surface area contributed by atoms with Gasteiger partial charge in [0.25, 0.3) is 5.56 Å². The Balaban J connectivity index is 0.000000223. The maximum atomic E-state index is 11.4. The fourth-order valence-electron chi connectivity index (χ4n) is 2.50. The van der Waals surface area contributed by atoms with Gasteiger partial charge in [0.2, 0.25) is 0 Å². The maximum Gasteiger partial charge on any atom is 0.330 e. The first-order chi connectivity index (χ1) is 12.9. The van der Waals surface area contributed by atoms with Crippen LogP contribution in [0.5, 0.6) is 0 Å². The van der Waals surface area contributed by atoms with Crippen molar-refractivity contribution in [3.05, 3.63) is 69.0 Å². The summed E-state index contributed by atoms with van der Waals surface area (Å²) in [5, 5.41) is 36.5. The zero-order chi connectivity index (χ0) is 20.0. The molecule has 1 aromatic heterocycles. The molecule has 1 aromatic carbocycles. The van der Waals surface area contributed by atoms with E-state index >= 15 is 0 Å². The molecular weight excluding hydrogens is 380 g/mol. The van der Waals surface area contributed by atoms with E-state index in [2.05, 4.69) is 0 Å². The lowest BCUT2D eigenvalue weighted by Crippen LogP contribution is -2.37. The number of aliphatic hydroxyl groups is 4. The lowest BCUT2D eigenvalue weighted by molar-refractivity contribution is -0.0550. The number of aromatic amines is 1. The van der Waals surface area contributed by atoms with E-state index in [9.17, 15) is 19.8 Å². The van der Waals surface area contributed by atoms with Crippen LogP contribution in [-0.4, -0.2) is 61.5 Å². The molecule has 0 spiro atoms. The average molecular weight is 401 g/mol. The highest BCUT2D eigenvalue weighted by molar-refractivity contribution is 6.20.